The van der Waals surface area contributed by atoms with Gasteiger partial charge in [0.2, 0.25) is 0 Å². The van der Waals surface area contributed by atoms with Crippen LogP contribution in [0.3, 0.4) is 0 Å². The van der Waals surface area contributed by atoms with Crippen molar-refractivity contribution in [2.75, 3.05) is 6.54 Å². The molecule has 17 heavy (non-hydrogen) atoms. The van der Waals surface area contributed by atoms with Gasteiger partial charge in [0.25, 0.3) is 0 Å². The summed E-state index contributed by atoms with van der Waals surface area (Å²) in [5.74, 6) is 0. The van der Waals surface area contributed by atoms with Crippen LogP contribution in [0.2, 0.25) is 0 Å². The second kappa shape index (κ2) is 5.47. The Labute approximate surface area is 110 Å². The zero-order valence-corrected chi connectivity index (χ0v) is 11.7. The van der Waals surface area contributed by atoms with E-state index in [0.717, 1.165) is 28.8 Å². The van der Waals surface area contributed by atoms with Gasteiger partial charge in [-0.2, -0.15) is 5.10 Å². The first-order valence-corrected chi connectivity index (χ1v) is 6.49. The molecule has 0 spiro atoms. The van der Waals surface area contributed by atoms with E-state index in [1.165, 1.54) is 5.56 Å². The minimum Gasteiger partial charge on any atom is -0.313 e. The van der Waals surface area contributed by atoms with Gasteiger partial charge in [0.05, 0.1) is 5.69 Å². The number of aromatic nitrogens is 2. The number of nitrogens with one attached hydrogen (secondary N) is 1. The summed E-state index contributed by atoms with van der Waals surface area (Å²) in [6, 6.07) is 8.18. The van der Waals surface area contributed by atoms with E-state index in [2.05, 4.69) is 45.5 Å². The smallest absolute Gasteiger partial charge is 0.0979 e. The van der Waals surface area contributed by atoms with Crippen molar-refractivity contribution < 1.29 is 0 Å². The number of halogens is 1. The van der Waals surface area contributed by atoms with Crippen LogP contribution < -0.4 is 5.32 Å². The molecule has 1 N–H and O–H groups in total. The Morgan fingerprint density at radius 3 is 2.82 bits per heavy atom. The zero-order chi connectivity index (χ0) is 12.3. The van der Waals surface area contributed by atoms with E-state index in [4.69, 9.17) is 0 Å². The van der Waals surface area contributed by atoms with Crippen LogP contribution in [-0.2, 0) is 13.6 Å². The molecule has 0 saturated heterocycles. The highest BCUT2D eigenvalue weighted by atomic mass is 79.9. The van der Waals surface area contributed by atoms with Crippen LogP contribution in [-0.4, -0.2) is 16.3 Å². The van der Waals surface area contributed by atoms with Gasteiger partial charge in [-0.3, -0.25) is 4.68 Å². The maximum Gasteiger partial charge on any atom is 0.0979 e. The molecule has 4 heteroatoms. The first kappa shape index (κ1) is 12.3. The molecular formula is C13H16BrN3. The number of hydrogen-bond acceptors (Lipinski definition) is 2. The Kier molecular flexibility index (Phi) is 3.97. The highest BCUT2D eigenvalue weighted by molar-refractivity contribution is 9.10. The molecule has 0 atom stereocenters. The Morgan fingerprint density at radius 2 is 2.12 bits per heavy atom. The van der Waals surface area contributed by atoms with E-state index >= 15 is 0 Å². The van der Waals surface area contributed by atoms with Gasteiger partial charge in [0.1, 0.15) is 0 Å². The van der Waals surface area contributed by atoms with Crippen molar-refractivity contribution in [3.05, 3.63) is 40.5 Å². The topological polar surface area (TPSA) is 29.9 Å². The van der Waals surface area contributed by atoms with Crippen LogP contribution in [0.5, 0.6) is 0 Å². The van der Waals surface area contributed by atoms with Gasteiger partial charge in [-0.1, -0.05) is 41.1 Å². The SMILES string of the molecule is CCNCc1cn(C)nc1-c1ccccc1Br. The highest BCUT2D eigenvalue weighted by Gasteiger charge is 2.11. The molecule has 3 nitrogen and oxygen atoms in total. The summed E-state index contributed by atoms with van der Waals surface area (Å²) in [6.07, 6.45) is 2.07. The Bertz CT molecular complexity index is 505. The molecule has 0 amide bonds. The van der Waals surface area contributed by atoms with E-state index in [0.29, 0.717) is 0 Å². The lowest BCUT2D eigenvalue weighted by Gasteiger charge is -2.04. The van der Waals surface area contributed by atoms with E-state index in [1.54, 1.807) is 0 Å². The summed E-state index contributed by atoms with van der Waals surface area (Å²) < 4.78 is 2.94. The summed E-state index contributed by atoms with van der Waals surface area (Å²) in [7, 11) is 1.95. The van der Waals surface area contributed by atoms with Crippen LogP contribution >= 0.6 is 15.9 Å². The molecule has 0 aliphatic rings. The first-order chi connectivity index (χ1) is 8.22. The third kappa shape index (κ3) is 2.76. The average molecular weight is 294 g/mol. The fourth-order valence-corrected chi connectivity index (χ4v) is 2.28. The molecule has 0 saturated carbocycles. The number of benzene rings is 1. The molecule has 90 valence electrons. The third-order valence-corrected chi connectivity index (χ3v) is 3.29. The number of hydrogen-bond donors (Lipinski definition) is 1. The first-order valence-electron chi connectivity index (χ1n) is 5.70. The van der Waals surface area contributed by atoms with Crippen LogP contribution in [0.25, 0.3) is 11.3 Å². The molecule has 0 aliphatic heterocycles. The molecule has 2 aromatic rings. The van der Waals surface area contributed by atoms with Crippen molar-refractivity contribution in [2.24, 2.45) is 7.05 Å². The van der Waals surface area contributed by atoms with Crippen molar-refractivity contribution >= 4 is 15.9 Å². The van der Waals surface area contributed by atoms with Crippen LogP contribution in [0, 0.1) is 0 Å². The highest BCUT2D eigenvalue weighted by Crippen LogP contribution is 2.29. The predicted molar refractivity (Wildman–Crippen MR) is 73.7 cm³/mol. The summed E-state index contributed by atoms with van der Waals surface area (Å²) in [5.41, 5.74) is 3.41. The Morgan fingerprint density at radius 1 is 1.35 bits per heavy atom. The van der Waals surface area contributed by atoms with Gasteiger partial charge in [-0.25, -0.2) is 0 Å². The lowest BCUT2D eigenvalue weighted by atomic mass is 10.1. The fraction of sp³-hybridized carbons (Fsp3) is 0.308. The summed E-state index contributed by atoms with van der Waals surface area (Å²) >= 11 is 3.57. The fourth-order valence-electron chi connectivity index (χ4n) is 1.81. The number of nitrogens with zero attached hydrogens (tertiary/aromatic N) is 2. The van der Waals surface area contributed by atoms with Crippen LogP contribution in [0.15, 0.2) is 34.9 Å². The zero-order valence-electron chi connectivity index (χ0n) is 10.1. The normalized spacial score (nSPS) is 10.8. The molecule has 0 unspecified atom stereocenters. The molecule has 0 fully saturated rings. The van der Waals surface area contributed by atoms with Gasteiger partial charge in [-0.15, -0.1) is 0 Å². The molecule has 0 aliphatic carbocycles. The maximum absolute atomic E-state index is 4.54. The second-order valence-corrected chi connectivity index (χ2v) is 4.79. The van der Waals surface area contributed by atoms with Crippen LogP contribution in [0.4, 0.5) is 0 Å². The molecule has 0 bridgehead atoms. The maximum atomic E-state index is 4.54. The Balaban J connectivity index is 2.41. The minimum atomic E-state index is 0.848. The molecule has 2 rings (SSSR count). The molecule has 0 radical (unpaired) electrons. The third-order valence-electron chi connectivity index (χ3n) is 2.60. The molecular weight excluding hydrogens is 278 g/mol. The summed E-state index contributed by atoms with van der Waals surface area (Å²) in [4.78, 5) is 0. The monoisotopic (exact) mass is 293 g/mol. The van der Waals surface area contributed by atoms with Gasteiger partial charge in [0, 0.05) is 35.4 Å². The second-order valence-electron chi connectivity index (χ2n) is 3.94. The average Bonchev–Trinajstić information content (AvgIpc) is 2.68. The molecule has 1 aromatic heterocycles. The standard InChI is InChI=1S/C13H16BrN3/c1-3-15-8-10-9-17(2)16-13(10)11-6-4-5-7-12(11)14/h4-7,9,15H,3,8H2,1-2H3. The Hall–Kier alpha value is -1.13. The largest absolute Gasteiger partial charge is 0.313 e. The predicted octanol–water partition coefficient (Wildman–Crippen LogP) is 2.96. The van der Waals surface area contributed by atoms with Gasteiger partial charge < -0.3 is 5.32 Å². The van der Waals surface area contributed by atoms with Crippen molar-refractivity contribution in [1.82, 2.24) is 15.1 Å². The summed E-state index contributed by atoms with van der Waals surface area (Å²) in [5, 5.41) is 7.88. The van der Waals surface area contributed by atoms with Crippen molar-refractivity contribution in [1.29, 1.82) is 0 Å². The minimum absolute atomic E-state index is 0.848. The lowest BCUT2D eigenvalue weighted by molar-refractivity contribution is 0.724. The lowest BCUT2D eigenvalue weighted by Crippen LogP contribution is -2.11. The quantitative estimate of drug-likeness (QED) is 0.939. The van der Waals surface area contributed by atoms with Gasteiger partial charge in [-0.05, 0) is 12.6 Å². The van der Waals surface area contributed by atoms with E-state index in [-0.39, 0.29) is 0 Å². The van der Waals surface area contributed by atoms with E-state index in [1.807, 2.05) is 29.9 Å². The molecule has 1 heterocycles. The summed E-state index contributed by atoms with van der Waals surface area (Å²) in [6.45, 7) is 3.92. The number of rotatable bonds is 4. The number of aryl methyl sites for hydroxylation is 1. The van der Waals surface area contributed by atoms with Gasteiger partial charge in [0.15, 0.2) is 0 Å². The van der Waals surface area contributed by atoms with Crippen molar-refractivity contribution in [2.45, 2.75) is 13.5 Å². The van der Waals surface area contributed by atoms with Crippen molar-refractivity contribution in [3.63, 3.8) is 0 Å². The van der Waals surface area contributed by atoms with E-state index in [9.17, 15) is 0 Å². The van der Waals surface area contributed by atoms with Crippen LogP contribution in [0.1, 0.15) is 12.5 Å². The molecule has 1 aromatic carbocycles. The van der Waals surface area contributed by atoms with Crippen molar-refractivity contribution in [3.8, 4) is 11.3 Å². The van der Waals surface area contributed by atoms with Gasteiger partial charge >= 0.3 is 0 Å². The van der Waals surface area contributed by atoms with E-state index < -0.39 is 0 Å².